The van der Waals surface area contributed by atoms with E-state index in [1.807, 2.05) is 30.3 Å². The van der Waals surface area contributed by atoms with Crippen LogP contribution in [0.25, 0.3) is 0 Å². The average molecular weight is 365 g/mol. The predicted octanol–water partition coefficient (Wildman–Crippen LogP) is 0.988. The molecule has 2 aliphatic rings. The summed E-state index contributed by atoms with van der Waals surface area (Å²) in [6.45, 7) is 5.66. The first-order valence-corrected chi connectivity index (χ1v) is 8.94. The summed E-state index contributed by atoms with van der Waals surface area (Å²) in [4.78, 5) is 11.6. The molecule has 2 aliphatic heterocycles. The Hall–Kier alpha value is -1.51. The van der Waals surface area contributed by atoms with Crippen LogP contribution >= 0.6 is 0 Å². The van der Waals surface area contributed by atoms with Gasteiger partial charge in [-0.2, -0.15) is 0 Å². The van der Waals surface area contributed by atoms with E-state index in [-0.39, 0.29) is 5.91 Å². The van der Waals surface area contributed by atoms with Gasteiger partial charge < -0.3 is 29.4 Å². The van der Waals surface area contributed by atoms with Crippen molar-refractivity contribution in [1.29, 1.82) is 0 Å². The van der Waals surface area contributed by atoms with Gasteiger partial charge in [0.25, 0.3) is 0 Å². The first-order valence-electron chi connectivity index (χ1n) is 8.94. The Labute approximate surface area is 153 Å². The normalized spacial score (nSPS) is 33.3. The minimum Gasteiger partial charge on any atom is -0.388 e. The van der Waals surface area contributed by atoms with Gasteiger partial charge in [-0.15, -0.1) is 0 Å². The zero-order valence-corrected chi connectivity index (χ0v) is 15.4. The third-order valence-corrected chi connectivity index (χ3v) is 4.57. The molecule has 0 spiro atoms. The van der Waals surface area contributed by atoms with Crippen molar-refractivity contribution in [2.24, 2.45) is 0 Å². The number of amides is 1. The summed E-state index contributed by atoms with van der Waals surface area (Å²) in [5.41, 5.74) is 1.14. The van der Waals surface area contributed by atoms with E-state index in [0.29, 0.717) is 19.6 Å². The van der Waals surface area contributed by atoms with Crippen LogP contribution in [0.3, 0.4) is 0 Å². The first-order chi connectivity index (χ1) is 12.4. The number of carbonyl (C=O) groups excluding carboxylic acids is 1. The van der Waals surface area contributed by atoms with Gasteiger partial charge in [-0.1, -0.05) is 30.3 Å². The van der Waals surface area contributed by atoms with E-state index in [4.69, 9.17) is 18.9 Å². The number of benzene rings is 1. The Morgan fingerprint density at radius 3 is 2.77 bits per heavy atom. The molecule has 3 rings (SSSR count). The molecule has 2 saturated heterocycles. The third-order valence-electron chi connectivity index (χ3n) is 4.57. The van der Waals surface area contributed by atoms with Crippen LogP contribution in [0.2, 0.25) is 0 Å². The van der Waals surface area contributed by atoms with Crippen molar-refractivity contribution < 1.29 is 28.8 Å². The molecule has 0 aromatic heterocycles. The lowest BCUT2D eigenvalue weighted by atomic mass is 9.95. The van der Waals surface area contributed by atoms with E-state index in [1.165, 1.54) is 6.92 Å². The van der Waals surface area contributed by atoms with Crippen LogP contribution in [0.4, 0.5) is 0 Å². The highest BCUT2D eigenvalue weighted by Crippen LogP contribution is 2.32. The van der Waals surface area contributed by atoms with Crippen LogP contribution in [0.1, 0.15) is 26.3 Å². The van der Waals surface area contributed by atoms with Gasteiger partial charge in [-0.25, -0.2) is 0 Å². The molecule has 0 bridgehead atoms. The van der Waals surface area contributed by atoms with E-state index in [0.717, 1.165) is 5.56 Å². The minimum absolute atomic E-state index is 0.265. The highest BCUT2D eigenvalue weighted by molar-refractivity contribution is 5.73. The molecule has 0 saturated carbocycles. The zero-order valence-electron chi connectivity index (χ0n) is 15.4. The van der Waals surface area contributed by atoms with Crippen LogP contribution in [-0.4, -0.2) is 60.7 Å². The van der Waals surface area contributed by atoms with Crippen molar-refractivity contribution >= 4 is 5.91 Å². The van der Waals surface area contributed by atoms with Crippen LogP contribution in [0, 0.1) is 0 Å². The van der Waals surface area contributed by atoms with Gasteiger partial charge in [-0.05, 0) is 25.8 Å². The minimum atomic E-state index is -0.956. The molecule has 1 aromatic rings. The summed E-state index contributed by atoms with van der Waals surface area (Å²) in [5, 5.41) is 13.5. The number of nitrogens with one attached hydrogen (secondary N) is 1. The number of carbonyl (C=O) groups is 1. The van der Waals surface area contributed by atoms with E-state index in [1.54, 1.807) is 13.8 Å². The molecule has 7 heteroatoms. The van der Waals surface area contributed by atoms with Crippen LogP contribution in [0.5, 0.6) is 0 Å². The van der Waals surface area contributed by atoms with Gasteiger partial charge in [-0.3, -0.25) is 4.79 Å². The number of hydrogen-bond acceptors (Lipinski definition) is 6. The summed E-state index contributed by atoms with van der Waals surface area (Å²) < 4.78 is 23.3. The topological polar surface area (TPSA) is 86.3 Å². The van der Waals surface area contributed by atoms with Crippen LogP contribution < -0.4 is 5.32 Å². The van der Waals surface area contributed by atoms with E-state index >= 15 is 0 Å². The molecule has 0 aliphatic carbocycles. The van der Waals surface area contributed by atoms with Crippen molar-refractivity contribution in [2.75, 3.05) is 13.2 Å². The quantitative estimate of drug-likeness (QED) is 0.809. The number of fused-ring (bicyclic) bond motifs is 1. The summed E-state index contributed by atoms with van der Waals surface area (Å²) in [7, 11) is 0. The number of ether oxygens (including phenoxy) is 4. The molecule has 2 fully saturated rings. The molecule has 2 heterocycles. The van der Waals surface area contributed by atoms with E-state index < -0.39 is 36.4 Å². The lowest BCUT2D eigenvalue weighted by molar-refractivity contribution is -0.368. The molecule has 1 amide bonds. The van der Waals surface area contributed by atoms with Gasteiger partial charge in [0.15, 0.2) is 12.1 Å². The molecule has 7 nitrogen and oxygen atoms in total. The molecule has 144 valence electrons. The molecular weight excluding hydrogens is 338 g/mol. The number of aliphatic hydroxyl groups excluding tert-OH is 1. The fourth-order valence-corrected chi connectivity index (χ4v) is 3.31. The summed E-state index contributed by atoms with van der Waals surface area (Å²) in [6, 6.07) is 9.23. The van der Waals surface area contributed by atoms with Crippen LogP contribution in [-0.2, 0) is 30.2 Å². The second kappa shape index (κ2) is 8.02. The average Bonchev–Trinajstić information content (AvgIpc) is 2.59. The van der Waals surface area contributed by atoms with Crippen molar-refractivity contribution in [3.63, 3.8) is 0 Å². The summed E-state index contributed by atoms with van der Waals surface area (Å²) in [5.74, 6) is -1.08. The SMILES string of the molecule is CC(=O)N[C@H]1[C@@H](OCCc2ccccc2)O[C@@H]2COC(C)(C)O[C@H]2[C@@H]1O. The molecule has 5 atom stereocenters. The maximum Gasteiger partial charge on any atom is 0.217 e. The molecule has 1 aromatic carbocycles. The lowest BCUT2D eigenvalue weighted by Gasteiger charge is -2.49. The van der Waals surface area contributed by atoms with Crippen LogP contribution in [0.15, 0.2) is 30.3 Å². The smallest absolute Gasteiger partial charge is 0.217 e. The fraction of sp³-hybridized carbons (Fsp3) is 0.632. The van der Waals surface area contributed by atoms with Gasteiger partial charge in [0.1, 0.15) is 24.4 Å². The number of aliphatic hydroxyl groups is 1. The highest BCUT2D eigenvalue weighted by Gasteiger charge is 2.51. The highest BCUT2D eigenvalue weighted by atomic mass is 16.8. The maximum atomic E-state index is 11.6. The Balaban J connectivity index is 1.66. The lowest BCUT2D eigenvalue weighted by Crippen LogP contribution is -2.68. The largest absolute Gasteiger partial charge is 0.388 e. The van der Waals surface area contributed by atoms with Gasteiger partial charge in [0, 0.05) is 6.92 Å². The zero-order chi connectivity index (χ0) is 18.7. The monoisotopic (exact) mass is 365 g/mol. The van der Waals surface area contributed by atoms with Gasteiger partial charge in [0.2, 0.25) is 5.91 Å². The van der Waals surface area contributed by atoms with Crippen molar-refractivity contribution in [3.8, 4) is 0 Å². The molecule has 0 radical (unpaired) electrons. The molecular formula is C19H27NO6. The molecule has 0 unspecified atom stereocenters. The van der Waals surface area contributed by atoms with Gasteiger partial charge >= 0.3 is 0 Å². The standard InChI is InChI=1S/C19H27NO6/c1-12(21)20-15-16(22)17-14(11-24-19(2,3)26-17)25-18(15)23-10-9-13-7-5-4-6-8-13/h4-8,14-18,22H,9-11H2,1-3H3,(H,20,21)/t14-,15-,16-,17-,18+/m1/s1. The third kappa shape index (κ3) is 4.61. The second-order valence-corrected chi connectivity index (χ2v) is 7.16. The molecule has 26 heavy (non-hydrogen) atoms. The molecule has 2 N–H and O–H groups in total. The van der Waals surface area contributed by atoms with Crippen molar-refractivity contribution in [1.82, 2.24) is 5.32 Å². The van der Waals surface area contributed by atoms with E-state index in [2.05, 4.69) is 5.32 Å². The Morgan fingerprint density at radius 1 is 1.35 bits per heavy atom. The summed E-state index contributed by atoms with van der Waals surface area (Å²) in [6.07, 6.45) is -2.07. The van der Waals surface area contributed by atoms with Crippen molar-refractivity contribution in [3.05, 3.63) is 35.9 Å². The van der Waals surface area contributed by atoms with Gasteiger partial charge in [0.05, 0.1) is 13.2 Å². The summed E-state index contributed by atoms with van der Waals surface area (Å²) >= 11 is 0. The van der Waals surface area contributed by atoms with Crippen molar-refractivity contribution in [2.45, 2.75) is 63.6 Å². The fourth-order valence-electron chi connectivity index (χ4n) is 3.31. The first kappa shape index (κ1) is 19.3. The maximum absolute atomic E-state index is 11.6. The van der Waals surface area contributed by atoms with E-state index in [9.17, 15) is 9.90 Å². The predicted molar refractivity (Wildman–Crippen MR) is 93.3 cm³/mol. The Kier molecular flexibility index (Phi) is 5.94. The second-order valence-electron chi connectivity index (χ2n) is 7.16. The number of hydrogen-bond donors (Lipinski definition) is 2. The Morgan fingerprint density at radius 2 is 2.08 bits per heavy atom. The number of rotatable bonds is 5. The Bertz CT molecular complexity index is 607.